The summed E-state index contributed by atoms with van der Waals surface area (Å²) in [7, 11) is 0. The molecule has 6 nitrogen and oxygen atoms in total. The maximum atomic E-state index is 5.59. The van der Waals surface area contributed by atoms with Crippen molar-refractivity contribution in [2.75, 3.05) is 26.2 Å². The topological polar surface area (TPSA) is 87.2 Å². The molecule has 15 heavy (non-hydrogen) atoms. The van der Waals surface area contributed by atoms with E-state index in [0.717, 1.165) is 13.1 Å². The average Bonchev–Trinajstić information content (AvgIpc) is 2.26. The van der Waals surface area contributed by atoms with Gasteiger partial charge in [0.1, 0.15) is 5.84 Å². The monoisotopic (exact) mass is 212 g/mol. The van der Waals surface area contributed by atoms with Crippen LogP contribution in [-0.2, 0) is 0 Å². The average molecular weight is 212 g/mol. The maximum Gasteiger partial charge on any atom is 0.164 e. The number of nitrogens with two attached hydrogens (primary N) is 1. The van der Waals surface area contributed by atoms with Crippen LogP contribution in [-0.4, -0.2) is 44.6 Å². The number of aliphatic imine (C=N–C) groups is 1. The highest BCUT2D eigenvalue weighted by molar-refractivity contribution is 5.89. The number of hydrogen-bond acceptors (Lipinski definition) is 4. The second-order valence-electron chi connectivity index (χ2n) is 2.83. The van der Waals surface area contributed by atoms with Crippen LogP contribution in [0.1, 0.15) is 13.8 Å². The first-order chi connectivity index (χ1) is 7.24. The Morgan fingerprint density at radius 3 is 2.27 bits per heavy atom. The first-order valence-electron chi connectivity index (χ1n) is 5.01. The highest BCUT2D eigenvalue weighted by Crippen LogP contribution is 1.81. The van der Waals surface area contributed by atoms with Crippen LogP contribution in [0.25, 0.3) is 0 Å². The Hall–Kier alpha value is -1.27. The standard InChI is InChI=1S/C9H20N6/c1-4-12-6-8(10)14-15-9(11-3)7-13-5-2/h12-13H,3-7H2,1-2H3,(H2,10,14)/b15-9-. The maximum absolute atomic E-state index is 5.59. The van der Waals surface area contributed by atoms with E-state index >= 15 is 0 Å². The Morgan fingerprint density at radius 1 is 1.13 bits per heavy atom. The second kappa shape index (κ2) is 9.29. The van der Waals surface area contributed by atoms with Crippen molar-refractivity contribution in [3.63, 3.8) is 0 Å². The second-order valence-corrected chi connectivity index (χ2v) is 2.83. The van der Waals surface area contributed by atoms with Crippen LogP contribution in [0.2, 0.25) is 0 Å². The Kier molecular flexibility index (Phi) is 8.50. The number of likely N-dealkylation sites (N-methyl/N-ethyl adjacent to an activating group) is 2. The van der Waals surface area contributed by atoms with Crippen LogP contribution in [0.15, 0.2) is 15.2 Å². The third-order valence-corrected chi connectivity index (χ3v) is 1.57. The largest absolute Gasteiger partial charge is 0.385 e. The molecule has 0 radical (unpaired) electrons. The van der Waals surface area contributed by atoms with Gasteiger partial charge < -0.3 is 16.4 Å². The van der Waals surface area contributed by atoms with Crippen molar-refractivity contribution in [3.05, 3.63) is 0 Å². The zero-order valence-corrected chi connectivity index (χ0v) is 9.45. The Morgan fingerprint density at radius 2 is 1.73 bits per heavy atom. The van der Waals surface area contributed by atoms with Crippen LogP contribution in [0, 0.1) is 0 Å². The van der Waals surface area contributed by atoms with Crippen LogP contribution >= 0.6 is 0 Å². The predicted octanol–water partition coefficient (Wildman–Crippen LogP) is -0.423. The summed E-state index contributed by atoms with van der Waals surface area (Å²) < 4.78 is 0. The minimum absolute atomic E-state index is 0.439. The zero-order valence-electron chi connectivity index (χ0n) is 9.45. The van der Waals surface area contributed by atoms with Gasteiger partial charge in [-0.3, -0.25) is 0 Å². The highest BCUT2D eigenvalue weighted by Gasteiger charge is 1.94. The molecule has 0 aromatic rings. The fraction of sp³-hybridized carbons (Fsp3) is 0.667. The van der Waals surface area contributed by atoms with Gasteiger partial charge in [-0.05, 0) is 19.8 Å². The molecule has 0 amide bonds. The van der Waals surface area contributed by atoms with Gasteiger partial charge >= 0.3 is 0 Å². The molecule has 0 heterocycles. The zero-order chi connectivity index (χ0) is 11.5. The molecule has 0 saturated carbocycles. The molecular formula is C9H20N6. The summed E-state index contributed by atoms with van der Waals surface area (Å²) in [6.07, 6.45) is 0. The first kappa shape index (κ1) is 13.7. The molecule has 4 N–H and O–H groups in total. The molecule has 0 aliphatic rings. The third kappa shape index (κ3) is 7.77. The lowest BCUT2D eigenvalue weighted by molar-refractivity contribution is 0.806. The van der Waals surface area contributed by atoms with Crippen molar-refractivity contribution < 1.29 is 0 Å². The van der Waals surface area contributed by atoms with Crippen molar-refractivity contribution in [3.8, 4) is 0 Å². The summed E-state index contributed by atoms with van der Waals surface area (Å²) in [5.74, 6) is 0.978. The van der Waals surface area contributed by atoms with Crippen LogP contribution in [0.5, 0.6) is 0 Å². The van der Waals surface area contributed by atoms with E-state index in [-0.39, 0.29) is 0 Å². The third-order valence-electron chi connectivity index (χ3n) is 1.57. The van der Waals surface area contributed by atoms with Gasteiger partial charge in [0.15, 0.2) is 5.84 Å². The molecular weight excluding hydrogens is 192 g/mol. The van der Waals surface area contributed by atoms with Crippen LogP contribution in [0.4, 0.5) is 0 Å². The van der Waals surface area contributed by atoms with Gasteiger partial charge in [-0.2, -0.15) is 0 Å². The molecule has 0 bridgehead atoms. The summed E-state index contributed by atoms with van der Waals surface area (Å²) in [5.41, 5.74) is 5.59. The summed E-state index contributed by atoms with van der Waals surface area (Å²) in [6, 6.07) is 0. The number of amidine groups is 2. The fourth-order valence-electron chi connectivity index (χ4n) is 0.770. The lowest BCUT2D eigenvalue weighted by atomic mass is 10.5. The number of rotatable bonds is 7. The quantitative estimate of drug-likeness (QED) is 0.304. The van der Waals surface area contributed by atoms with E-state index in [9.17, 15) is 0 Å². The minimum Gasteiger partial charge on any atom is -0.385 e. The van der Waals surface area contributed by atoms with Crippen molar-refractivity contribution in [1.29, 1.82) is 0 Å². The SMILES string of the molecule is C=N/C(CNCC)=N\N=C(/N)CNCC. The molecule has 0 aromatic heterocycles. The summed E-state index contributed by atoms with van der Waals surface area (Å²) >= 11 is 0. The Bertz CT molecular complexity index is 233. The lowest BCUT2D eigenvalue weighted by Gasteiger charge is -2.00. The molecule has 0 aromatic carbocycles. The lowest BCUT2D eigenvalue weighted by Crippen LogP contribution is -2.28. The van der Waals surface area contributed by atoms with Crippen molar-refractivity contribution in [2.45, 2.75) is 13.8 Å². The summed E-state index contributed by atoms with van der Waals surface area (Å²) in [6.45, 7) is 10.2. The number of nitrogens with zero attached hydrogens (tertiary/aromatic N) is 3. The fourth-order valence-corrected chi connectivity index (χ4v) is 0.770. The van der Waals surface area contributed by atoms with Gasteiger partial charge in [0.05, 0.1) is 13.1 Å². The normalized spacial score (nSPS) is 12.9. The molecule has 0 fully saturated rings. The van der Waals surface area contributed by atoms with Gasteiger partial charge in [0.2, 0.25) is 0 Å². The van der Waals surface area contributed by atoms with Gasteiger partial charge in [0, 0.05) is 0 Å². The molecule has 0 atom stereocenters. The van der Waals surface area contributed by atoms with Crippen molar-refractivity contribution in [1.82, 2.24) is 10.6 Å². The minimum atomic E-state index is 0.439. The molecule has 0 aliphatic carbocycles. The smallest absolute Gasteiger partial charge is 0.164 e. The predicted molar refractivity (Wildman–Crippen MR) is 65.7 cm³/mol. The molecule has 0 unspecified atom stereocenters. The van der Waals surface area contributed by atoms with Gasteiger partial charge in [0.25, 0.3) is 0 Å². The molecule has 0 rings (SSSR count). The highest BCUT2D eigenvalue weighted by atomic mass is 15.3. The molecule has 0 aliphatic heterocycles. The van der Waals surface area contributed by atoms with E-state index in [1.165, 1.54) is 0 Å². The van der Waals surface area contributed by atoms with E-state index < -0.39 is 0 Å². The molecule has 86 valence electrons. The Labute approximate surface area is 90.8 Å². The molecule has 0 spiro atoms. The van der Waals surface area contributed by atoms with Crippen molar-refractivity contribution in [2.24, 2.45) is 20.9 Å². The van der Waals surface area contributed by atoms with E-state index in [0.29, 0.717) is 24.8 Å². The summed E-state index contributed by atoms with van der Waals surface area (Å²) in [4.78, 5) is 3.73. The van der Waals surface area contributed by atoms with E-state index in [1.807, 2.05) is 13.8 Å². The number of hydrogen-bond donors (Lipinski definition) is 3. The number of nitrogens with one attached hydrogen (secondary N) is 2. The van der Waals surface area contributed by atoms with Crippen molar-refractivity contribution >= 4 is 18.4 Å². The molecule has 0 saturated heterocycles. The van der Waals surface area contributed by atoms with Crippen LogP contribution < -0.4 is 16.4 Å². The summed E-state index contributed by atoms with van der Waals surface area (Å²) in [5, 5.41) is 13.8. The van der Waals surface area contributed by atoms with E-state index in [2.05, 4.69) is 32.5 Å². The van der Waals surface area contributed by atoms with Gasteiger partial charge in [-0.25, -0.2) is 4.99 Å². The van der Waals surface area contributed by atoms with Gasteiger partial charge in [-0.1, -0.05) is 13.8 Å². The van der Waals surface area contributed by atoms with Gasteiger partial charge in [-0.15, -0.1) is 10.2 Å². The van der Waals surface area contributed by atoms with E-state index in [4.69, 9.17) is 5.73 Å². The molecule has 6 heteroatoms. The Balaban J connectivity index is 4.11. The van der Waals surface area contributed by atoms with E-state index in [1.54, 1.807) is 0 Å². The van der Waals surface area contributed by atoms with Crippen LogP contribution in [0.3, 0.4) is 0 Å². The first-order valence-corrected chi connectivity index (χ1v) is 5.01.